The van der Waals surface area contributed by atoms with Crippen molar-refractivity contribution >= 4 is 44.8 Å². The molecule has 0 fully saturated rings. The first-order valence-electron chi connectivity index (χ1n) is 10.9. The summed E-state index contributed by atoms with van der Waals surface area (Å²) in [6.07, 6.45) is 0. The summed E-state index contributed by atoms with van der Waals surface area (Å²) in [4.78, 5) is 0. The molecule has 33 heavy (non-hydrogen) atoms. The van der Waals surface area contributed by atoms with Crippen molar-refractivity contribution in [3.8, 4) is 11.1 Å². The Balaban J connectivity index is 1.84. The summed E-state index contributed by atoms with van der Waals surface area (Å²) in [5.41, 5.74) is 1.87. The second-order valence-electron chi connectivity index (χ2n) is 8.09. The van der Waals surface area contributed by atoms with E-state index >= 15 is 0 Å². The molecule has 0 spiro atoms. The minimum Gasteiger partial charge on any atom is -0.207 e. The van der Waals surface area contributed by atoms with E-state index in [4.69, 9.17) is 0 Å². The molecule has 0 saturated heterocycles. The van der Waals surface area contributed by atoms with Crippen LogP contribution in [0.2, 0.25) is 0 Å². The molecule has 3 heteroatoms. The summed E-state index contributed by atoms with van der Waals surface area (Å²) in [5.74, 6) is -0.248. The van der Waals surface area contributed by atoms with Gasteiger partial charge in [0, 0.05) is 4.47 Å². The fourth-order valence-electron chi connectivity index (χ4n) is 4.72. The topological polar surface area (TPSA) is 0 Å². The van der Waals surface area contributed by atoms with E-state index in [-0.39, 0.29) is 5.82 Å². The van der Waals surface area contributed by atoms with Gasteiger partial charge in [0.1, 0.15) is 5.82 Å². The molecule has 160 valence electrons. The summed E-state index contributed by atoms with van der Waals surface area (Å²) in [7, 11) is -2.60. The molecule has 5 aromatic rings. The maximum atomic E-state index is 14.2. The van der Waals surface area contributed by atoms with Crippen LogP contribution >= 0.6 is 15.9 Å². The highest BCUT2D eigenvalue weighted by Gasteiger charge is 2.41. The quantitative estimate of drug-likeness (QED) is 0.213. The van der Waals surface area contributed by atoms with Gasteiger partial charge in [-0.3, -0.25) is 0 Å². The van der Waals surface area contributed by atoms with Gasteiger partial charge < -0.3 is 0 Å². The number of halogens is 2. The Kier molecular flexibility index (Phi) is 6.08. The monoisotopic (exact) mass is 508 g/mol. The van der Waals surface area contributed by atoms with Crippen LogP contribution in [0.5, 0.6) is 0 Å². The third kappa shape index (κ3) is 4.10. The standard InChI is InChI=1S/C30H22BrFSi/c31-25-19-24(20-26(32)22-25)23-11-10-18-30(21-23)33(27-12-4-1-5-13-27,28-14-6-2-7-15-28)29-16-8-3-9-17-29/h1-22H. The Morgan fingerprint density at radius 1 is 0.455 bits per heavy atom. The SMILES string of the molecule is Fc1cc(Br)cc(-c2cccc([Si](c3ccccc3)(c3ccccc3)c3ccccc3)c2)c1. The number of rotatable bonds is 5. The van der Waals surface area contributed by atoms with Crippen LogP contribution in [-0.2, 0) is 0 Å². The second kappa shape index (κ2) is 9.30. The first-order valence-corrected chi connectivity index (χ1v) is 13.7. The molecule has 0 radical (unpaired) electrons. The molecule has 0 aliphatic rings. The highest BCUT2D eigenvalue weighted by atomic mass is 79.9. The Hall–Kier alpha value is -3.27. The van der Waals surface area contributed by atoms with Crippen molar-refractivity contribution in [2.24, 2.45) is 0 Å². The Morgan fingerprint density at radius 3 is 1.42 bits per heavy atom. The molecule has 0 atom stereocenters. The van der Waals surface area contributed by atoms with E-state index in [0.717, 1.165) is 15.6 Å². The van der Waals surface area contributed by atoms with Crippen molar-refractivity contribution < 1.29 is 4.39 Å². The molecule has 0 nitrogen and oxygen atoms in total. The van der Waals surface area contributed by atoms with Crippen LogP contribution in [0.25, 0.3) is 11.1 Å². The molecule has 0 aliphatic heterocycles. The fraction of sp³-hybridized carbons (Fsp3) is 0. The van der Waals surface area contributed by atoms with Gasteiger partial charge in [0.25, 0.3) is 0 Å². The lowest BCUT2D eigenvalue weighted by Crippen LogP contribution is -2.74. The Morgan fingerprint density at radius 2 is 0.939 bits per heavy atom. The molecule has 5 aromatic carbocycles. The summed E-state index contributed by atoms with van der Waals surface area (Å²) >= 11 is 3.45. The zero-order chi connectivity index (χ0) is 22.7. The van der Waals surface area contributed by atoms with E-state index in [9.17, 15) is 4.39 Å². The molecule has 0 heterocycles. The van der Waals surface area contributed by atoms with E-state index in [1.165, 1.54) is 26.8 Å². The van der Waals surface area contributed by atoms with Crippen LogP contribution in [0.4, 0.5) is 4.39 Å². The number of benzene rings is 5. The van der Waals surface area contributed by atoms with Crippen LogP contribution in [0.15, 0.2) is 138 Å². The molecular formula is C30H22BrFSi. The molecule has 0 N–H and O–H groups in total. The third-order valence-corrected chi connectivity index (χ3v) is 11.3. The smallest absolute Gasteiger partial charge is 0.179 e. The van der Waals surface area contributed by atoms with Crippen molar-refractivity contribution in [1.29, 1.82) is 0 Å². The van der Waals surface area contributed by atoms with Crippen molar-refractivity contribution in [2.75, 3.05) is 0 Å². The molecule has 0 saturated carbocycles. The molecule has 0 bridgehead atoms. The van der Waals surface area contributed by atoms with Gasteiger partial charge in [-0.05, 0) is 50.1 Å². The Bertz CT molecular complexity index is 1250. The van der Waals surface area contributed by atoms with Crippen LogP contribution in [0.1, 0.15) is 0 Å². The van der Waals surface area contributed by atoms with E-state index in [0.29, 0.717) is 0 Å². The summed E-state index contributed by atoms with van der Waals surface area (Å²) < 4.78 is 15.0. The zero-order valence-corrected chi connectivity index (χ0v) is 20.5. The van der Waals surface area contributed by atoms with Gasteiger partial charge in [-0.2, -0.15) is 0 Å². The second-order valence-corrected chi connectivity index (χ2v) is 12.8. The summed E-state index contributed by atoms with van der Waals surface area (Å²) in [6, 6.07) is 46.1. The van der Waals surface area contributed by atoms with Gasteiger partial charge in [-0.1, -0.05) is 131 Å². The number of hydrogen-bond acceptors (Lipinski definition) is 0. The lowest BCUT2D eigenvalue weighted by molar-refractivity contribution is 0.627. The van der Waals surface area contributed by atoms with Gasteiger partial charge in [0.2, 0.25) is 0 Å². The third-order valence-electron chi connectivity index (χ3n) is 6.11. The molecule has 0 aliphatic carbocycles. The van der Waals surface area contributed by atoms with Crippen molar-refractivity contribution in [2.45, 2.75) is 0 Å². The highest BCUT2D eigenvalue weighted by Crippen LogP contribution is 2.25. The van der Waals surface area contributed by atoms with Crippen molar-refractivity contribution in [3.63, 3.8) is 0 Å². The van der Waals surface area contributed by atoms with Gasteiger partial charge in [-0.15, -0.1) is 0 Å². The molecule has 0 unspecified atom stereocenters. The average molecular weight is 509 g/mol. The summed E-state index contributed by atoms with van der Waals surface area (Å²) in [5, 5.41) is 5.23. The molecular weight excluding hydrogens is 487 g/mol. The lowest BCUT2D eigenvalue weighted by Gasteiger charge is -2.34. The fourth-order valence-corrected chi connectivity index (χ4v) is 9.98. The average Bonchev–Trinajstić information content (AvgIpc) is 2.86. The predicted molar refractivity (Wildman–Crippen MR) is 143 cm³/mol. The lowest BCUT2D eigenvalue weighted by atomic mass is 10.1. The molecule has 0 aromatic heterocycles. The maximum Gasteiger partial charge on any atom is 0.179 e. The van der Waals surface area contributed by atoms with Gasteiger partial charge in [0.15, 0.2) is 8.07 Å². The van der Waals surface area contributed by atoms with Crippen LogP contribution < -0.4 is 20.7 Å². The minimum absolute atomic E-state index is 0.248. The maximum absolute atomic E-state index is 14.2. The minimum atomic E-state index is -2.60. The normalized spacial score (nSPS) is 11.3. The molecule has 0 amide bonds. The Labute approximate surface area is 203 Å². The van der Waals surface area contributed by atoms with Crippen LogP contribution in [0.3, 0.4) is 0 Å². The van der Waals surface area contributed by atoms with Crippen molar-refractivity contribution in [1.82, 2.24) is 0 Å². The first kappa shape index (κ1) is 21.6. The van der Waals surface area contributed by atoms with Gasteiger partial charge in [-0.25, -0.2) is 4.39 Å². The predicted octanol–water partition coefficient (Wildman–Crippen LogP) is 5.63. The van der Waals surface area contributed by atoms with Gasteiger partial charge in [0.05, 0.1) is 0 Å². The van der Waals surface area contributed by atoms with E-state index in [1.54, 1.807) is 6.07 Å². The molecule has 5 rings (SSSR count). The first-order chi connectivity index (χ1) is 16.2. The van der Waals surface area contributed by atoms with Crippen LogP contribution in [-0.4, -0.2) is 8.07 Å². The highest BCUT2D eigenvalue weighted by molar-refractivity contribution is 9.10. The van der Waals surface area contributed by atoms with E-state index in [2.05, 4.69) is 131 Å². The van der Waals surface area contributed by atoms with Crippen LogP contribution in [0, 0.1) is 5.82 Å². The number of hydrogen-bond donors (Lipinski definition) is 0. The summed E-state index contributed by atoms with van der Waals surface area (Å²) in [6.45, 7) is 0. The zero-order valence-electron chi connectivity index (χ0n) is 18.0. The van der Waals surface area contributed by atoms with Gasteiger partial charge >= 0.3 is 0 Å². The van der Waals surface area contributed by atoms with Crippen molar-refractivity contribution in [3.05, 3.63) is 144 Å². The van der Waals surface area contributed by atoms with E-state index in [1.807, 2.05) is 6.07 Å². The largest absolute Gasteiger partial charge is 0.207 e. The van der Waals surface area contributed by atoms with E-state index < -0.39 is 8.07 Å².